The van der Waals surface area contributed by atoms with Crippen molar-refractivity contribution < 1.29 is 5.11 Å². The van der Waals surface area contributed by atoms with Crippen LogP contribution in [0.15, 0.2) is 30.3 Å². The molecule has 1 nitrogen and oxygen atoms in total. The lowest BCUT2D eigenvalue weighted by Crippen LogP contribution is -2.13. The quantitative estimate of drug-likeness (QED) is 0.682. The summed E-state index contributed by atoms with van der Waals surface area (Å²) in [5.74, 6) is 0.456. The van der Waals surface area contributed by atoms with Gasteiger partial charge in [-0.05, 0) is 52.0 Å². The highest BCUT2D eigenvalue weighted by atomic mass is 16.3. The zero-order valence-electron chi connectivity index (χ0n) is 17.2. The first-order valence-corrected chi connectivity index (χ1v) is 9.38. The van der Waals surface area contributed by atoms with E-state index in [0.29, 0.717) is 5.75 Å². The molecule has 0 radical (unpaired) electrons. The molecule has 0 aliphatic carbocycles. The van der Waals surface area contributed by atoms with Crippen LogP contribution in [0.1, 0.15) is 81.8 Å². The van der Waals surface area contributed by atoms with Gasteiger partial charge in [0.05, 0.1) is 0 Å². The number of hydrogen-bond acceptors (Lipinski definition) is 1. The summed E-state index contributed by atoms with van der Waals surface area (Å²) in [6.45, 7) is 17.5. The summed E-state index contributed by atoms with van der Waals surface area (Å²) >= 11 is 0. The zero-order chi connectivity index (χ0) is 19.0. The lowest BCUT2D eigenvalue weighted by Gasteiger charge is -2.24. The summed E-state index contributed by atoms with van der Waals surface area (Å²) in [5, 5.41) is 10.9. The summed E-state index contributed by atoms with van der Waals surface area (Å²) < 4.78 is 0. The predicted molar refractivity (Wildman–Crippen MR) is 109 cm³/mol. The Labute approximate surface area is 154 Å². The monoisotopic (exact) mass is 338 g/mol. The maximum absolute atomic E-state index is 10.9. The lowest BCUT2D eigenvalue weighted by molar-refractivity contribution is 0.441. The first-order valence-electron chi connectivity index (χ1n) is 9.38. The van der Waals surface area contributed by atoms with Gasteiger partial charge in [-0.1, -0.05) is 84.4 Å². The first-order chi connectivity index (χ1) is 11.4. The second-order valence-electron chi connectivity index (χ2n) is 9.39. The third-order valence-electron chi connectivity index (χ3n) is 4.86. The second kappa shape index (κ2) is 6.86. The Bertz CT molecular complexity index is 755. The minimum absolute atomic E-state index is 0.0628. The molecule has 1 heteroatoms. The highest BCUT2D eigenvalue weighted by molar-refractivity contribution is 5.49. The molecule has 0 heterocycles. The second-order valence-corrected chi connectivity index (χ2v) is 9.39. The Kier molecular flexibility index (Phi) is 5.37. The minimum atomic E-state index is -0.0628. The molecule has 0 aromatic heterocycles. The fourth-order valence-electron chi connectivity index (χ4n) is 3.28. The molecule has 25 heavy (non-hydrogen) atoms. The van der Waals surface area contributed by atoms with Crippen LogP contribution in [0.4, 0.5) is 0 Å². The fraction of sp³-hybridized carbons (Fsp3) is 0.500. The van der Waals surface area contributed by atoms with Crippen LogP contribution < -0.4 is 0 Å². The van der Waals surface area contributed by atoms with Crippen molar-refractivity contribution in [3.05, 3.63) is 63.7 Å². The van der Waals surface area contributed by atoms with Gasteiger partial charge in [0.1, 0.15) is 5.75 Å². The zero-order valence-corrected chi connectivity index (χ0v) is 17.2. The Morgan fingerprint density at radius 1 is 0.800 bits per heavy atom. The Hall–Kier alpha value is -1.76. The molecular weight excluding hydrogens is 304 g/mol. The van der Waals surface area contributed by atoms with Crippen molar-refractivity contribution in [2.45, 2.75) is 79.1 Å². The van der Waals surface area contributed by atoms with Gasteiger partial charge in [0.15, 0.2) is 0 Å². The van der Waals surface area contributed by atoms with Gasteiger partial charge in [0, 0.05) is 6.42 Å². The van der Waals surface area contributed by atoms with Gasteiger partial charge >= 0.3 is 0 Å². The maximum atomic E-state index is 10.9. The van der Waals surface area contributed by atoms with Gasteiger partial charge in [-0.3, -0.25) is 0 Å². The summed E-state index contributed by atoms with van der Waals surface area (Å²) in [7, 11) is 0. The van der Waals surface area contributed by atoms with E-state index in [-0.39, 0.29) is 10.8 Å². The Morgan fingerprint density at radius 2 is 1.40 bits per heavy atom. The molecule has 136 valence electrons. The molecule has 0 unspecified atom stereocenters. The van der Waals surface area contributed by atoms with Crippen molar-refractivity contribution in [1.82, 2.24) is 0 Å². The van der Waals surface area contributed by atoms with Crippen LogP contribution in [0.25, 0.3) is 0 Å². The van der Waals surface area contributed by atoms with Gasteiger partial charge < -0.3 is 5.11 Å². The Morgan fingerprint density at radius 3 is 1.92 bits per heavy atom. The van der Waals surface area contributed by atoms with Gasteiger partial charge in [-0.25, -0.2) is 0 Å². The van der Waals surface area contributed by atoms with Crippen LogP contribution in [0.5, 0.6) is 5.75 Å². The Balaban J connectivity index is 2.52. The van der Waals surface area contributed by atoms with Crippen molar-refractivity contribution in [1.29, 1.82) is 0 Å². The van der Waals surface area contributed by atoms with Crippen LogP contribution >= 0.6 is 0 Å². The number of phenolic OH excluding ortho intramolecular Hbond substituents is 1. The molecule has 0 aliphatic heterocycles. The van der Waals surface area contributed by atoms with Gasteiger partial charge in [0.2, 0.25) is 0 Å². The van der Waals surface area contributed by atoms with E-state index in [2.05, 4.69) is 85.7 Å². The molecule has 0 saturated carbocycles. The summed E-state index contributed by atoms with van der Waals surface area (Å²) in [6, 6.07) is 11.1. The largest absolute Gasteiger partial charge is 0.507 e. The summed E-state index contributed by atoms with van der Waals surface area (Å²) in [6.07, 6.45) is 1.80. The molecule has 0 fully saturated rings. The normalized spacial score (nSPS) is 12.5. The van der Waals surface area contributed by atoms with Crippen LogP contribution in [0.2, 0.25) is 0 Å². The molecule has 2 aromatic rings. The van der Waals surface area contributed by atoms with E-state index in [4.69, 9.17) is 0 Å². The topological polar surface area (TPSA) is 20.2 Å². The van der Waals surface area contributed by atoms with E-state index in [0.717, 1.165) is 24.0 Å². The minimum Gasteiger partial charge on any atom is -0.507 e. The number of hydrogen-bond donors (Lipinski definition) is 1. The molecule has 0 aliphatic rings. The smallest absolute Gasteiger partial charge is 0.122 e. The van der Waals surface area contributed by atoms with Crippen LogP contribution in [0, 0.1) is 6.92 Å². The molecule has 0 saturated heterocycles. The van der Waals surface area contributed by atoms with Gasteiger partial charge in [-0.2, -0.15) is 0 Å². The van der Waals surface area contributed by atoms with Crippen molar-refractivity contribution in [2.24, 2.45) is 0 Å². The van der Waals surface area contributed by atoms with Crippen molar-refractivity contribution in [3.8, 4) is 5.75 Å². The average molecular weight is 339 g/mol. The van der Waals surface area contributed by atoms with Crippen LogP contribution in [-0.4, -0.2) is 5.11 Å². The number of phenols is 1. The third-order valence-corrected chi connectivity index (χ3v) is 4.86. The van der Waals surface area contributed by atoms with E-state index < -0.39 is 0 Å². The lowest BCUT2D eigenvalue weighted by atomic mass is 9.82. The van der Waals surface area contributed by atoms with E-state index in [9.17, 15) is 5.11 Å². The van der Waals surface area contributed by atoms with Crippen molar-refractivity contribution in [3.63, 3.8) is 0 Å². The molecular formula is C24H34O. The van der Waals surface area contributed by atoms with E-state index in [1.165, 1.54) is 22.3 Å². The number of aryl methyl sites for hydroxylation is 2. The SMILES string of the molecule is CCc1cc(Cc2cc(C)cc(C(C)(C)C)c2O)cc(C(C)(C)C)c1. The molecule has 0 bridgehead atoms. The molecule has 2 rings (SSSR count). The fourth-order valence-corrected chi connectivity index (χ4v) is 3.28. The number of benzene rings is 2. The molecule has 0 spiro atoms. The number of rotatable bonds is 3. The maximum Gasteiger partial charge on any atom is 0.122 e. The van der Waals surface area contributed by atoms with Crippen molar-refractivity contribution >= 4 is 0 Å². The van der Waals surface area contributed by atoms with Gasteiger partial charge in [-0.15, -0.1) is 0 Å². The molecule has 1 N–H and O–H groups in total. The highest BCUT2D eigenvalue weighted by Gasteiger charge is 2.21. The average Bonchev–Trinajstić information content (AvgIpc) is 2.48. The van der Waals surface area contributed by atoms with E-state index in [1.54, 1.807) is 0 Å². The first kappa shape index (κ1) is 19.6. The van der Waals surface area contributed by atoms with Gasteiger partial charge in [0.25, 0.3) is 0 Å². The molecule has 2 aromatic carbocycles. The van der Waals surface area contributed by atoms with Crippen molar-refractivity contribution in [2.75, 3.05) is 0 Å². The standard InChI is InChI=1S/C24H34O/c1-9-17-12-18(15-20(14-17)23(3,4)5)13-19-10-16(2)11-21(22(19)25)24(6,7)8/h10-12,14-15,25H,9,13H2,1-8H3. The predicted octanol–water partition coefficient (Wildman–Crippen LogP) is 6.45. The summed E-state index contributed by atoms with van der Waals surface area (Å²) in [5.41, 5.74) is 7.35. The van der Waals surface area contributed by atoms with E-state index >= 15 is 0 Å². The number of aromatic hydroxyl groups is 1. The van der Waals surface area contributed by atoms with Crippen LogP contribution in [0.3, 0.4) is 0 Å². The van der Waals surface area contributed by atoms with Crippen LogP contribution in [-0.2, 0) is 23.7 Å². The highest BCUT2D eigenvalue weighted by Crippen LogP contribution is 2.36. The third kappa shape index (κ3) is 4.66. The molecule has 0 atom stereocenters. The summed E-state index contributed by atoms with van der Waals surface area (Å²) in [4.78, 5) is 0. The molecule has 0 amide bonds. The van der Waals surface area contributed by atoms with E-state index in [1.807, 2.05) is 0 Å².